The average Bonchev–Trinajstić information content (AvgIpc) is 4.19. The predicted octanol–water partition coefficient (Wildman–Crippen LogP) is 6.40. The monoisotopic (exact) mass is 974 g/mol. The van der Waals surface area contributed by atoms with Crippen LogP contribution in [0.25, 0.3) is 0 Å². The maximum absolute atomic E-state index is 5.19. The molecule has 68 heavy (non-hydrogen) atoms. The van der Waals surface area contributed by atoms with Crippen molar-refractivity contribution < 1.29 is 0 Å². The summed E-state index contributed by atoms with van der Waals surface area (Å²) in [6.07, 6.45) is 20.1. The van der Waals surface area contributed by atoms with Crippen LogP contribution < -0.4 is 59.3 Å². The maximum Gasteiger partial charge on any atom is 0.0101 e. The zero-order valence-electron chi connectivity index (χ0n) is 48.9. The molecule has 0 unspecified atom stereocenters. The predicted molar refractivity (Wildman–Crippen MR) is 309 cm³/mol. The molecule has 7 aliphatic heterocycles. The molecule has 0 amide bonds. The molecule has 0 aliphatic carbocycles. The highest BCUT2D eigenvalue weighted by atomic mass is 15.1. The molecule has 0 saturated carbocycles. The summed E-state index contributed by atoms with van der Waals surface area (Å²) >= 11 is 0. The Balaban J connectivity index is -0.000000332. The van der Waals surface area contributed by atoms with Crippen molar-refractivity contribution in [3.63, 3.8) is 0 Å². The highest BCUT2D eigenvalue weighted by Crippen LogP contribution is 2.11. The second-order valence-corrected chi connectivity index (χ2v) is 20.5. The standard InChI is InChI=1S/4C6H13N.C5H14N2.3C5H11N.C4H12N2.C4H11N.C3H9N/c2*1-2-6-3-4-7-5-6;2*1-2-6-4-3-5-7-6;1-6-4-5-7(2)3;2*1-5-2-3-6-4-5;1-2-5-3-6-4-5;1-6(2)4-3-5;1-3-4-5-2;1-2-3-4/h4*6-7H,2-5H2,1H3;6H,4-5H2,1-3H3;3*5-6H,2-4H2,1H3;3-5H2,1-2H3;5H,3-4H2,1-2H3;2-4H2,1H3/t4*6-;;2*5-;;;;/m1010.10..../s1. The molecule has 13 N–H and O–H groups in total. The van der Waals surface area contributed by atoms with Crippen LogP contribution in [0.1, 0.15) is 159 Å². The molecule has 7 saturated heterocycles. The smallest absolute Gasteiger partial charge is 0.0101 e. The fraction of sp³-hybridized carbons (Fsp3) is 1.00. The van der Waals surface area contributed by atoms with E-state index in [9.17, 15) is 0 Å². The Labute approximate surface area is 428 Å². The summed E-state index contributed by atoms with van der Waals surface area (Å²) < 4.78 is 0. The Bertz CT molecular complexity index is 762. The van der Waals surface area contributed by atoms with Crippen LogP contribution in [0, 0.1) is 29.6 Å². The van der Waals surface area contributed by atoms with Crippen molar-refractivity contribution in [1.29, 1.82) is 0 Å². The Morgan fingerprint density at radius 1 is 0.426 bits per heavy atom. The van der Waals surface area contributed by atoms with Gasteiger partial charge in [-0.3, -0.25) is 0 Å². The van der Waals surface area contributed by atoms with Crippen LogP contribution in [-0.2, 0) is 0 Å². The molecule has 0 radical (unpaired) electrons. The molecule has 0 aromatic rings. The van der Waals surface area contributed by atoms with Crippen molar-refractivity contribution in [2.45, 2.75) is 171 Å². The van der Waals surface area contributed by atoms with Crippen molar-refractivity contribution in [2.24, 2.45) is 41.1 Å². The summed E-state index contributed by atoms with van der Waals surface area (Å²) in [6, 6.07) is 1.69. The Morgan fingerprint density at radius 3 is 0.897 bits per heavy atom. The SMILES string of the molecule is CCC1CNC1.CCCN.CCCNC.CC[C@@H]1CCCN1.CC[C@@H]1CCNC1.CC[C@H]1CCCN1.CC[C@H]1CCNC1.CN(C)CCN.CNCCN(C)C.C[C@@H]1CCNC1.C[C@H]1CCNC1. The topological polar surface area (TPSA) is 167 Å². The second kappa shape index (κ2) is 60.8. The van der Waals surface area contributed by atoms with Crippen LogP contribution in [0.5, 0.6) is 0 Å². The molecule has 13 heteroatoms. The van der Waals surface area contributed by atoms with Crippen LogP contribution in [0.3, 0.4) is 0 Å². The lowest BCUT2D eigenvalue weighted by molar-refractivity contribution is 0.339. The van der Waals surface area contributed by atoms with Gasteiger partial charge in [-0.2, -0.15) is 0 Å². The third-order valence-electron chi connectivity index (χ3n) is 13.0. The molecular formula is C55H131N13. The van der Waals surface area contributed by atoms with E-state index in [0.29, 0.717) is 0 Å². The lowest BCUT2D eigenvalue weighted by atomic mass is 10.0. The third kappa shape index (κ3) is 59.8. The van der Waals surface area contributed by atoms with Gasteiger partial charge < -0.3 is 69.1 Å². The Hall–Kier alpha value is -0.520. The molecule has 416 valence electrons. The van der Waals surface area contributed by atoms with E-state index >= 15 is 0 Å². The highest BCUT2D eigenvalue weighted by molar-refractivity contribution is 4.73. The lowest BCUT2D eigenvalue weighted by Gasteiger charge is -2.25. The van der Waals surface area contributed by atoms with Gasteiger partial charge in [-0.25, -0.2) is 0 Å². The van der Waals surface area contributed by atoms with Gasteiger partial charge >= 0.3 is 0 Å². The first-order valence-corrected chi connectivity index (χ1v) is 28.8. The van der Waals surface area contributed by atoms with Crippen molar-refractivity contribution in [2.75, 3.05) is 160 Å². The molecule has 7 aliphatic rings. The van der Waals surface area contributed by atoms with Gasteiger partial charge in [-0.15, -0.1) is 0 Å². The Morgan fingerprint density at radius 2 is 0.809 bits per heavy atom. The van der Waals surface area contributed by atoms with Crippen LogP contribution in [-0.4, -0.2) is 182 Å². The minimum Gasteiger partial charge on any atom is -0.330 e. The quantitative estimate of drug-likeness (QED) is 0.0984. The van der Waals surface area contributed by atoms with Gasteiger partial charge in [0.05, 0.1) is 0 Å². The van der Waals surface area contributed by atoms with Gasteiger partial charge in [0, 0.05) is 38.3 Å². The summed E-state index contributed by atoms with van der Waals surface area (Å²) in [5, 5.41) is 29.3. The van der Waals surface area contributed by atoms with Crippen molar-refractivity contribution >= 4 is 0 Å². The molecule has 0 aromatic carbocycles. The number of likely N-dealkylation sites (N-methyl/N-ethyl adjacent to an activating group) is 3. The molecule has 0 bridgehead atoms. The van der Waals surface area contributed by atoms with Crippen molar-refractivity contribution in [3.05, 3.63) is 0 Å². The zero-order valence-corrected chi connectivity index (χ0v) is 48.9. The Kier molecular flexibility index (Phi) is 66.2. The minimum atomic E-state index is 0.757. The number of hydrogen-bond donors (Lipinski definition) is 11. The molecule has 7 fully saturated rings. The lowest BCUT2D eigenvalue weighted by Crippen LogP contribution is -2.41. The molecule has 7 heterocycles. The third-order valence-corrected chi connectivity index (χ3v) is 13.0. The van der Waals surface area contributed by atoms with Gasteiger partial charge in [0.1, 0.15) is 0 Å². The molecule has 13 nitrogen and oxygen atoms in total. The van der Waals surface area contributed by atoms with E-state index in [0.717, 1.165) is 87.4 Å². The average molecular weight is 975 g/mol. The van der Waals surface area contributed by atoms with Gasteiger partial charge in [-0.05, 0) is 241 Å². The minimum absolute atomic E-state index is 0.757. The molecule has 6 atom stereocenters. The van der Waals surface area contributed by atoms with Gasteiger partial charge in [-0.1, -0.05) is 81.6 Å². The summed E-state index contributed by atoms with van der Waals surface area (Å²) in [7, 11) is 12.1. The van der Waals surface area contributed by atoms with Crippen molar-refractivity contribution in [1.82, 2.24) is 57.7 Å². The number of nitrogens with two attached hydrogens (primary N) is 2. The normalized spacial score (nSPS) is 24.0. The van der Waals surface area contributed by atoms with E-state index in [1.165, 1.54) is 168 Å². The molecular weight excluding hydrogens is 843 g/mol. The first kappa shape index (κ1) is 74.0. The number of nitrogens with one attached hydrogen (secondary N) is 9. The van der Waals surface area contributed by atoms with E-state index in [4.69, 9.17) is 11.5 Å². The fourth-order valence-corrected chi connectivity index (χ4v) is 7.41. The van der Waals surface area contributed by atoms with Crippen LogP contribution >= 0.6 is 0 Å². The second-order valence-electron chi connectivity index (χ2n) is 20.5. The first-order valence-electron chi connectivity index (χ1n) is 28.8. The molecule has 0 spiro atoms. The summed E-state index contributed by atoms with van der Waals surface area (Å²) in [5.41, 5.74) is 10.2. The van der Waals surface area contributed by atoms with E-state index < -0.39 is 0 Å². The fourth-order valence-electron chi connectivity index (χ4n) is 7.41. The van der Waals surface area contributed by atoms with E-state index in [1.807, 2.05) is 28.2 Å². The summed E-state index contributed by atoms with van der Waals surface area (Å²) in [5.74, 6) is 4.85. The molecule has 7 rings (SSSR count). The number of nitrogens with zero attached hydrogens (tertiary/aromatic N) is 2. The zero-order chi connectivity index (χ0) is 51.9. The van der Waals surface area contributed by atoms with Crippen LogP contribution in [0.15, 0.2) is 0 Å². The van der Waals surface area contributed by atoms with E-state index in [-0.39, 0.29) is 0 Å². The number of hydrogen-bond acceptors (Lipinski definition) is 13. The van der Waals surface area contributed by atoms with E-state index in [2.05, 4.69) is 134 Å². The number of rotatable bonds is 13. The summed E-state index contributed by atoms with van der Waals surface area (Å²) in [6.45, 7) is 40.9. The van der Waals surface area contributed by atoms with Gasteiger partial charge in [0.15, 0.2) is 0 Å². The van der Waals surface area contributed by atoms with Crippen LogP contribution in [0.4, 0.5) is 0 Å². The van der Waals surface area contributed by atoms with Gasteiger partial charge in [0.2, 0.25) is 0 Å². The van der Waals surface area contributed by atoms with E-state index in [1.54, 1.807) is 0 Å². The van der Waals surface area contributed by atoms with Gasteiger partial charge in [0.25, 0.3) is 0 Å². The van der Waals surface area contributed by atoms with Crippen molar-refractivity contribution in [3.8, 4) is 0 Å². The summed E-state index contributed by atoms with van der Waals surface area (Å²) in [4.78, 5) is 4.20. The highest BCUT2D eigenvalue weighted by Gasteiger charge is 2.13. The maximum atomic E-state index is 5.19. The molecule has 0 aromatic heterocycles. The largest absolute Gasteiger partial charge is 0.330 e. The first-order chi connectivity index (χ1) is 32.8. The van der Waals surface area contributed by atoms with Crippen LogP contribution in [0.2, 0.25) is 0 Å².